The van der Waals surface area contributed by atoms with Crippen LogP contribution in [0.5, 0.6) is 0 Å². The van der Waals surface area contributed by atoms with Crippen molar-refractivity contribution in [1.82, 2.24) is 4.90 Å². The van der Waals surface area contributed by atoms with Gasteiger partial charge in [0, 0.05) is 31.1 Å². The number of Topliss-reactive ketones (excluding diaryl/α,β-unsaturated/α-hetero) is 1. The second-order valence-electron chi connectivity index (χ2n) is 4.24. The Kier molecular flexibility index (Phi) is 3.93. The lowest BCUT2D eigenvalue weighted by atomic mass is 10.1. The molecule has 0 atom stereocenters. The van der Waals surface area contributed by atoms with Crippen molar-refractivity contribution in [3.8, 4) is 12.0 Å². The fourth-order valence-electron chi connectivity index (χ4n) is 1.88. The lowest BCUT2D eigenvalue weighted by Crippen LogP contribution is -2.25. The number of carbonyl (C=O) groups is 1. The van der Waals surface area contributed by atoms with Crippen molar-refractivity contribution in [3.05, 3.63) is 35.4 Å². The van der Waals surface area contributed by atoms with E-state index in [9.17, 15) is 13.6 Å². The normalized spacial score (nSPS) is 14.9. The van der Waals surface area contributed by atoms with Crippen molar-refractivity contribution in [2.24, 2.45) is 0 Å². The summed E-state index contributed by atoms with van der Waals surface area (Å²) in [5, 5.41) is 0. The van der Waals surface area contributed by atoms with Gasteiger partial charge < -0.3 is 4.90 Å². The van der Waals surface area contributed by atoms with Gasteiger partial charge >= 0.3 is 0 Å². The van der Waals surface area contributed by atoms with Crippen molar-refractivity contribution < 1.29 is 13.6 Å². The second kappa shape index (κ2) is 5.63. The van der Waals surface area contributed by atoms with Gasteiger partial charge in [0.25, 0.3) is 0 Å². The Morgan fingerprint density at radius 3 is 2.56 bits per heavy atom. The maximum absolute atomic E-state index is 13.3. The number of hydrogen-bond donors (Lipinski definition) is 0. The van der Waals surface area contributed by atoms with Gasteiger partial charge in [0.2, 0.25) is 5.78 Å². The first-order valence-corrected chi connectivity index (χ1v) is 5.93. The number of halogens is 2. The number of carbonyl (C=O) groups excluding carboxylic acids is 1. The quantitative estimate of drug-likeness (QED) is 0.563. The highest BCUT2D eigenvalue weighted by Gasteiger charge is 2.11. The molecule has 4 heteroatoms. The van der Waals surface area contributed by atoms with Crippen LogP contribution in [0.15, 0.2) is 18.2 Å². The standard InChI is InChI=1S/C14H13F2NO/c15-11-4-5-12(13(16)10-11)14(18)6-9-17-7-2-1-3-8-17/h4-5,10H,1-3,7-8H2. The van der Waals surface area contributed by atoms with E-state index in [2.05, 4.69) is 12.0 Å². The van der Waals surface area contributed by atoms with Gasteiger partial charge in [-0.3, -0.25) is 4.79 Å². The Morgan fingerprint density at radius 2 is 1.89 bits per heavy atom. The van der Waals surface area contributed by atoms with E-state index >= 15 is 0 Å². The highest BCUT2D eigenvalue weighted by atomic mass is 19.1. The summed E-state index contributed by atoms with van der Waals surface area (Å²) in [4.78, 5) is 13.5. The molecule has 0 bridgehead atoms. The van der Waals surface area contributed by atoms with Crippen LogP contribution in [0.25, 0.3) is 0 Å². The predicted molar refractivity (Wildman–Crippen MR) is 63.9 cm³/mol. The molecule has 1 aromatic carbocycles. The summed E-state index contributed by atoms with van der Waals surface area (Å²) in [6, 6.07) is 5.60. The highest BCUT2D eigenvalue weighted by Crippen LogP contribution is 2.10. The Labute approximate surface area is 105 Å². The highest BCUT2D eigenvalue weighted by molar-refractivity contribution is 6.09. The largest absolute Gasteiger partial charge is 0.332 e. The van der Waals surface area contributed by atoms with Gasteiger partial charge in [-0.25, -0.2) is 8.78 Å². The van der Waals surface area contributed by atoms with Crippen molar-refractivity contribution in [2.45, 2.75) is 19.3 Å². The molecule has 1 saturated heterocycles. The molecule has 2 rings (SSSR count). The number of ketones is 1. The topological polar surface area (TPSA) is 20.3 Å². The summed E-state index contributed by atoms with van der Waals surface area (Å²) in [5.41, 5.74) is -0.180. The molecule has 18 heavy (non-hydrogen) atoms. The molecule has 0 aliphatic carbocycles. The van der Waals surface area contributed by atoms with Crippen molar-refractivity contribution >= 4 is 5.78 Å². The van der Waals surface area contributed by atoms with E-state index in [0.29, 0.717) is 6.07 Å². The summed E-state index contributed by atoms with van der Waals surface area (Å²) >= 11 is 0. The summed E-state index contributed by atoms with van der Waals surface area (Å²) in [6.07, 6.45) is 3.31. The molecule has 1 heterocycles. The zero-order chi connectivity index (χ0) is 13.0. The van der Waals surface area contributed by atoms with Crippen molar-refractivity contribution in [2.75, 3.05) is 13.1 Å². The van der Waals surface area contributed by atoms with Crippen LogP contribution in [-0.4, -0.2) is 23.8 Å². The van der Waals surface area contributed by atoms with Crippen LogP contribution in [0.3, 0.4) is 0 Å². The van der Waals surface area contributed by atoms with Gasteiger partial charge in [0.05, 0.1) is 5.56 Å². The van der Waals surface area contributed by atoms with Crippen LogP contribution in [0.4, 0.5) is 8.78 Å². The van der Waals surface area contributed by atoms with Crippen molar-refractivity contribution in [1.29, 1.82) is 0 Å². The Morgan fingerprint density at radius 1 is 1.17 bits per heavy atom. The molecule has 1 aliphatic heterocycles. The van der Waals surface area contributed by atoms with E-state index in [0.717, 1.165) is 38.1 Å². The molecule has 0 saturated carbocycles. The van der Waals surface area contributed by atoms with Crippen LogP contribution in [0.2, 0.25) is 0 Å². The number of rotatable bonds is 1. The molecule has 2 nitrogen and oxygen atoms in total. The molecular weight excluding hydrogens is 236 g/mol. The summed E-state index contributed by atoms with van der Waals surface area (Å²) in [5.74, 6) is 0.222. The van der Waals surface area contributed by atoms with E-state index in [1.807, 2.05) is 4.90 Å². The van der Waals surface area contributed by atoms with Crippen LogP contribution in [0, 0.1) is 23.6 Å². The van der Waals surface area contributed by atoms with Gasteiger partial charge in [-0.1, -0.05) is 0 Å². The molecule has 94 valence electrons. The zero-order valence-corrected chi connectivity index (χ0v) is 9.88. The third-order valence-corrected chi connectivity index (χ3v) is 2.86. The molecule has 0 N–H and O–H groups in total. The minimum absolute atomic E-state index is 0.180. The van der Waals surface area contributed by atoms with Gasteiger partial charge in [-0.2, -0.15) is 0 Å². The van der Waals surface area contributed by atoms with Crippen LogP contribution in [-0.2, 0) is 0 Å². The number of nitrogens with zero attached hydrogens (tertiary/aromatic N) is 1. The van der Waals surface area contributed by atoms with Crippen molar-refractivity contribution in [3.63, 3.8) is 0 Å². The fourth-order valence-corrected chi connectivity index (χ4v) is 1.88. The average Bonchev–Trinajstić information content (AvgIpc) is 2.37. The first-order chi connectivity index (χ1) is 8.66. The fraction of sp³-hybridized carbons (Fsp3) is 0.357. The zero-order valence-electron chi connectivity index (χ0n) is 9.88. The predicted octanol–water partition coefficient (Wildman–Crippen LogP) is 2.59. The minimum Gasteiger partial charge on any atom is -0.332 e. The summed E-state index contributed by atoms with van der Waals surface area (Å²) < 4.78 is 26.0. The first-order valence-electron chi connectivity index (χ1n) is 5.93. The molecule has 0 unspecified atom stereocenters. The Hall–Kier alpha value is -1.89. The summed E-state index contributed by atoms with van der Waals surface area (Å²) in [7, 11) is 0. The summed E-state index contributed by atoms with van der Waals surface area (Å²) in [6.45, 7) is 1.68. The third-order valence-electron chi connectivity index (χ3n) is 2.86. The maximum atomic E-state index is 13.3. The molecule has 1 fully saturated rings. The van der Waals surface area contributed by atoms with Crippen LogP contribution >= 0.6 is 0 Å². The Balaban J connectivity index is 2.09. The molecule has 1 aliphatic rings. The molecule has 0 amide bonds. The molecule has 0 radical (unpaired) electrons. The molecule has 1 aromatic rings. The monoisotopic (exact) mass is 249 g/mol. The number of piperidine rings is 1. The van der Waals surface area contributed by atoms with E-state index in [-0.39, 0.29) is 5.56 Å². The van der Waals surface area contributed by atoms with E-state index in [1.54, 1.807) is 0 Å². The second-order valence-corrected chi connectivity index (χ2v) is 4.24. The Bertz CT molecular complexity index is 510. The third kappa shape index (κ3) is 3.07. The van der Waals surface area contributed by atoms with Gasteiger partial charge in [-0.15, -0.1) is 0 Å². The lowest BCUT2D eigenvalue weighted by Gasteiger charge is -2.21. The van der Waals surface area contributed by atoms with E-state index in [1.165, 1.54) is 6.42 Å². The number of hydrogen-bond acceptors (Lipinski definition) is 2. The number of likely N-dealkylation sites (tertiary alicyclic amines) is 1. The number of benzene rings is 1. The maximum Gasteiger partial charge on any atom is 0.240 e. The SMILES string of the molecule is O=C(C#CN1CCCCC1)c1ccc(F)cc1F. The lowest BCUT2D eigenvalue weighted by molar-refractivity contribution is 0.105. The van der Waals surface area contributed by atoms with Gasteiger partial charge in [0.1, 0.15) is 11.6 Å². The molecule has 0 spiro atoms. The van der Waals surface area contributed by atoms with E-state index in [4.69, 9.17) is 0 Å². The molecular formula is C14H13F2NO. The first kappa shape index (κ1) is 12.6. The average molecular weight is 249 g/mol. The minimum atomic E-state index is -0.868. The van der Waals surface area contributed by atoms with Crippen LogP contribution in [0.1, 0.15) is 29.6 Å². The molecule has 0 aromatic heterocycles. The van der Waals surface area contributed by atoms with E-state index < -0.39 is 17.4 Å². The van der Waals surface area contributed by atoms with Crippen LogP contribution < -0.4 is 0 Å². The van der Waals surface area contributed by atoms with Gasteiger partial charge in [-0.05, 0) is 31.4 Å². The van der Waals surface area contributed by atoms with Gasteiger partial charge in [0.15, 0.2) is 0 Å². The smallest absolute Gasteiger partial charge is 0.240 e.